The molecule has 0 N–H and O–H groups in total. The Kier molecular flexibility index (Phi) is 6.21. The molecule has 1 fully saturated rings. The molecule has 1 saturated heterocycles. The van der Waals surface area contributed by atoms with Crippen molar-refractivity contribution in [2.24, 2.45) is 0 Å². The number of hydrogen-bond donors (Lipinski definition) is 0. The maximum Gasteiger partial charge on any atom is 0.269 e. The summed E-state index contributed by atoms with van der Waals surface area (Å²) < 4.78 is 0. The highest BCUT2D eigenvalue weighted by Gasteiger charge is 2.21. The van der Waals surface area contributed by atoms with Gasteiger partial charge in [-0.2, -0.15) is 0 Å². The van der Waals surface area contributed by atoms with Gasteiger partial charge in [0.15, 0.2) is 0 Å². The van der Waals surface area contributed by atoms with E-state index in [1.165, 1.54) is 18.2 Å². The molecule has 0 bridgehead atoms. The van der Waals surface area contributed by atoms with Crippen LogP contribution in [0.3, 0.4) is 0 Å². The molecule has 0 saturated carbocycles. The Bertz CT molecular complexity index is 1140. The second kappa shape index (κ2) is 9.38. The highest BCUT2D eigenvalue weighted by molar-refractivity contribution is 5.92. The van der Waals surface area contributed by atoms with Crippen molar-refractivity contribution in [1.29, 1.82) is 0 Å². The fraction of sp³-hybridized carbons (Fsp3) is 0.208. The predicted octanol–water partition coefficient (Wildman–Crippen LogP) is 3.72. The maximum atomic E-state index is 12.6. The second-order valence-corrected chi connectivity index (χ2v) is 7.52. The van der Waals surface area contributed by atoms with E-state index in [1.807, 2.05) is 43.3 Å². The number of nitro benzene ring substituents is 1. The molecule has 1 aromatic heterocycles. The van der Waals surface area contributed by atoms with Gasteiger partial charge in [0.25, 0.3) is 5.69 Å². The van der Waals surface area contributed by atoms with Gasteiger partial charge in [0.2, 0.25) is 5.91 Å². The summed E-state index contributed by atoms with van der Waals surface area (Å²) >= 11 is 0. The van der Waals surface area contributed by atoms with Crippen LogP contribution in [0.1, 0.15) is 11.4 Å². The quantitative estimate of drug-likeness (QED) is 0.349. The Labute approximate surface area is 186 Å². The number of amides is 1. The van der Waals surface area contributed by atoms with E-state index in [0.717, 1.165) is 22.6 Å². The maximum absolute atomic E-state index is 12.6. The van der Waals surface area contributed by atoms with E-state index in [1.54, 1.807) is 23.1 Å². The van der Waals surface area contributed by atoms with Crippen molar-refractivity contribution in [3.8, 4) is 11.3 Å². The van der Waals surface area contributed by atoms with E-state index in [9.17, 15) is 14.9 Å². The van der Waals surface area contributed by atoms with Crippen LogP contribution in [0.4, 0.5) is 11.5 Å². The fourth-order valence-electron chi connectivity index (χ4n) is 3.61. The summed E-state index contributed by atoms with van der Waals surface area (Å²) in [6, 6.07) is 18.1. The van der Waals surface area contributed by atoms with Crippen molar-refractivity contribution in [1.82, 2.24) is 14.9 Å². The molecular formula is C24H23N5O3. The molecular weight excluding hydrogens is 406 g/mol. The fourth-order valence-corrected chi connectivity index (χ4v) is 3.61. The largest absolute Gasteiger partial charge is 0.353 e. The van der Waals surface area contributed by atoms with E-state index < -0.39 is 4.92 Å². The minimum atomic E-state index is -0.444. The summed E-state index contributed by atoms with van der Waals surface area (Å²) in [7, 11) is 0. The third-order valence-corrected chi connectivity index (χ3v) is 5.33. The number of aryl methyl sites for hydroxylation is 1. The summed E-state index contributed by atoms with van der Waals surface area (Å²) in [4.78, 5) is 36.0. The van der Waals surface area contributed by atoms with Crippen LogP contribution in [-0.2, 0) is 4.79 Å². The Morgan fingerprint density at radius 1 is 1.00 bits per heavy atom. The van der Waals surface area contributed by atoms with Crippen molar-refractivity contribution in [2.45, 2.75) is 6.92 Å². The van der Waals surface area contributed by atoms with Crippen LogP contribution in [0.15, 0.2) is 66.7 Å². The number of piperazine rings is 1. The molecule has 2 aromatic carbocycles. The van der Waals surface area contributed by atoms with Crippen LogP contribution in [-0.4, -0.2) is 51.9 Å². The second-order valence-electron chi connectivity index (χ2n) is 7.52. The van der Waals surface area contributed by atoms with Crippen LogP contribution in [0, 0.1) is 17.0 Å². The minimum absolute atomic E-state index is 0.0278. The van der Waals surface area contributed by atoms with E-state index in [0.29, 0.717) is 32.0 Å². The van der Waals surface area contributed by atoms with Crippen molar-refractivity contribution < 1.29 is 9.72 Å². The Morgan fingerprint density at radius 3 is 2.34 bits per heavy atom. The normalized spacial score (nSPS) is 14.0. The third-order valence-electron chi connectivity index (χ3n) is 5.33. The zero-order valence-corrected chi connectivity index (χ0v) is 17.7. The van der Waals surface area contributed by atoms with Crippen LogP contribution >= 0.6 is 0 Å². The van der Waals surface area contributed by atoms with Gasteiger partial charge in [-0.15, -0.1) is 0 Å². The van der Waals surface area contributed by atoms with Crippen LogP contribution in [0.2, 0.25) is 0 Å². The van der Waals surface area contributed by atoms with Gasteiger partial charge in [0.05, 0.1) is 10.6 Å². The molecule has 3 aromatic rings. The van der Waals surface area contributed by atoms with Gasteiger partial charge in [-0.3, -0.25) is 14.9 Å². The number of rotatable bonds is 5. The number of hydrogen-bond acceptors (Lipinski definition) is 6. The van der Waals surface area contributed by atoms with Gasteiger partial charge >= 0.3 is 0 Å². The smallest absolute Gasteiger partial charge is 0.269 e. The van der Waals surface area contributed by atoms with E-state index in [2.05, 4.69) is 14.9 Å². The zero-order valence-electron chi connectivity index (χ0n) is 17.7. The molecule has 0 unspecified atom stereocenters. The van der Waals surface area contributed by atoms with Crippen molar-refractivity contribution >= 4 is 23.5 Å². The molecule has 8 nitrogen and oxygen atoms in total. The number of carbonyl (C=O) groups excluding carboxylic acids is 1. The summed E-state index contributed by atoms with van der Waals surface area (Å²) in [6.07, 6.45) is 3.19. The zero-order chi connectivity index (χ0) is 22.5. The third kappa shape index (κ3) is 4.97. The Morgan fingerprint density at radius 2 is 1.69 bits per heavy atom. The number of nitrogens with zero attached hydrogens (tertiary/aromatic N) is 5. The number of anilines is 1. The predicted molar refractivity (Wildman–Crippen MR) is 123 cm³/mol. The van der Waals surface area contributed by atoms with Crippen molar-refractivity contribution in [2.75, 3.05) is 31.1 Å². The van der Waals surface area contributed by atoms with E-state index in [-0.39, 0.29) is 11.6 Å². The molecule has 162 valence electrons. The summed E-state index contributed by atoms with van der Waals surface area (Å²) in [5.41, 5.74) is 2.70. The minimum Gasteiger partial charge on any atom is -0.353 e. The first-order valence-corrected chi connectivity index (χ1v) is 10.4. The van der Waals surface area contributed by atoms with Crippen LogP contribution in [0.5, 0.6) is 0 Å². The highest BCUT2D eigenvalue weighted by atomic mass is 16.6. The van der Waals surface area contributed by atoms with Crippen LogP contribution in [0.25, 0.3) is 17.3 Å². The summed E-state index contributed by atoms with van der Waals surface area (Å²) in [6.45, 7) is 4.43. The molecule has 0 radical (unpaired) electrons. The number of benzene rings is 2. The average molecular weight is 429 g/mol. The molecule has 0 aliphatic carbocycles. The Hall–Kier alpha value is -4.07. The van der Waals surface area contributed by atoms with E-state index in [4.69, 9.17) is 0 Å². The SMILES string of the molecule is Cc1nc(-c2ccccc2)cc(N2CCN(C(=O)/C=C/c3ccc([N+](=O)[O-])cc3)CC2)n1. The van der Waals surface area contributed by atoms with Crippen molar-refractivity contribution in [3.63, 3.8) is 0 Å². The van der Waals surface area contributed by atoms with E-state index >= 15 is 0 Å². The van der Waals surface area contributed by atoms with Gasteiger partial charge in [0.1, 0.15) is 11.6 Å². The molecule has 1 aliphatic heterocycles. The van der Waals surface area contributed by atoms with Gasteiger partial charge < -0.3 is 9.80 Å². The van der Waals surface area contributed by atoms with Gasteiger partial charge in [-0.05, 0) is 30.7 Å². The summed E-state index contributed by atoms with van der Waals surface area (Å²) in [5.74, 6) is 1.50. The first kappa shape index (κ1) is 21.2. The average Bonchev–Trinajstić information content (AvgIpc) is 2.83. The standard InChI is InChI=1S/C24H23N5O3/c1-18-25-22(20-5-3-2-4-6-20)17-23(26-18)27-13-15-28(16-14-27)24(30)12-9-19-7-10-21(11-8-19)29(31)32/h2-12,17H,13-16H2,1H3/b12-9+. The molecule has 32 heavy (non-hydrogen) atoms. The lowest BCUT2D eigenvalue weighted by molar-refractivity contribution is -0.384. The number of nitro groups is 1. The lowest BCUT2D eigenvalue weighted by Gasteiger charge is -2.35. The molecule has 8 heteroatoms. The summed E-state index contributed by atoms with van der Waals surface area (Å²) in [5, 5.41) is 10.7. The molecule has 0 spiro atoms. The number of aromatic nitrogens is 2. The molecule has 2 heterocycles. The molecule has 1 amide bonds. The van der Waals surface area contributed by atoms with Gasteiger partial charge in [-0.1, -0.05) is 30.3 Å². The first-order chi connectivity index (χ1) is 15.5. The van der Waals surface area contributed by atoms with Crippen molar-refractivity contribution in [3.05, 3.63) is 88.2 Å². The lowest BCUT2D eigenvalue weighted by atomic mass is 10.1. The van der Waals surface area contributed by atoms with Gasteiger partial charge in [-0.25, -0.2) is 9.97 Å². The highest BCUT2D eigenvalue weighted by Crippen LogP contribution is 2.22. The molecule has 0 atom stereocenters. The lowest BCUT2D eigenvalue weighted by Crippen LogP contribution is -2.48. The number of carbonyl (C=O) groups is 1. The topological polar surface area (TPSA) is 92.5 Å². The molecule has 4 rings (SSSR count). The molecule has 1 aliphatic rings. The monoisotopic (exact) mass is 429 g/mol. The van der Waals surface area contributed by atoms with Crippen LogP contribution < -0.4 is 4.90 Å². The number of non-ortho nitro benzene ring substituents is 1. The Balaban J connectivity index is 1.38. The first-order valence-electron chi connectivity index (χ1n) is 10.4. The van der Waals surface area contributed by atoms with Gasteiger partial charge in [0, 0.05) is 56.0 Å².